The molecule has 144 valence electrons. The molecule has 0 atom stereocenters. The van der Waals surface area contributed by atoms with Crippen LogP contribution in [0.3, 0.4) is 0 Å². The first-order valence-electron chi connectivity index (χ1n) is 8.52. The number of esters is 2. The Morgan fingerprint density at radius 2 is 1.71 bits per heavy atom. The first-order valence-corrected chi connectivity index (χ1v) is 8.52. The summed E-state index contributed by atoms with van der Waals surface area (Å²) in [6, 6.07) is 10.1. The Labute approximate surface area is 161 Å². The summed E-state index contributed by atoms with van der Waals surface area (Å²) in [6.45, 7) is 3.32. The largest absolute Gasteiger partial charge is 0.472 e. The molecule has 0 bridgehead atoms. The van der Waals surface area contributed by atoms with E-state index in [9.17, 15) is 14.4 Å². The van der Waals surface area contributed by atoms with Gasteiger partial charge in [-0.05, 0) is 50.2 Å². The van der Waals surface area contributed by atoms with Gasteiger partial charge < -0.3 is 18.5 Å². The molecule has 0 saturated carbocycles. The number of nitrogens with zero attached hydrogens (tertiary/aromatic N) is 1. The fraction of sp³-hybridized carbons (Fsp3) is 0.190. The van der Waals surface area contributed by atoms with Gasteiger partial charge in [-0.15, -0.1) is 0 Å². The summed E-state index contributed by atoms with van der Waals surface area (Å²) in [5.41, 5.74) is 3.52. The quantitative estimate of drug-likeness (QED) is 0.480. The van der Waals surface area contributed by atoms with E-state index in [0.717, 1.165) is 11.4 Å². The van der Waals surface area contributed by atoms with Gasteiger partial charge in [0.25, 0.3) is 0 Å². The molecule has 0 radical (unpaired) electrons. The zero-order valence-electron chi connectivity index (χ0n) is 15.7. The number of furan rings is 1. The highest BCUT2D eigenvalue weighted by Crippen LogP contribution is 2.22. The minimum Gasteiger partial charge on any atom is -0.472 e. The van der Waals surface area contributed by atoms with Gasteiger partial charge in [0.05, 0.1) is 24.5 Å². The van der Waals surface area contributed by atoms with Gasteiger partial charge in [0.15, 0.2) is 6.61 Å². The van der Waals surface area contributed by atoms with Crippen molar-refractivity contribution in [1.29, 1.82) is 0 Å². The summed E-state index contributed by atoms with van der Waals surface area (Å²) in [5, 5.41) is 0. The van der Waals surface area contributed by atoms with Gasteiger partial charge in [-0.3, -0.25) is 4.79 Å². The van der Waals surface area contributed by atoms with Crippen molar-refractivity contribution in [3.63, 3.8) is 0 Å². The van der Waals surface area contributed by atoms with E-state index in [1.54, 1.807) is 30.3 Å². The van der Waals surface area contributed by atoms with Crippen LogP contribution in [-0.2, 0) is 9.47 Å². The van der Waals surface area contributed by atoms with Crippen LogP contribution in [0.25, 0.3) is 5.69 Å². The number of rotatable bonds is 6. The van der Waals surface area contributed by atoms with Crippen LogP contribution < -0.4 is 0 Å². The van der Waals surface area contributed by atoms with Gasteiger partial charge in [-0.1, -0.05) is 0 Å². The number of hydrogen-bond donors (Lipinski definition) is 0. The number of ketones is 1. The van der Waals surface area contributed by atoms with Crippen LogP contribution in [0.15, 0.2) is 53.3 Å². The van der Waals surface area contributed by atoms with Gasteiger partial charge in [-0.2, -0.15) is 0 Å². The molecule has 3 aromatic rings. The Hall–Kier alpha value is -3.61. The van der Waals surface area contributed by atoms with E-state index in [1.165, 1.54) is 25.7 Å². The zero-order valence-corrected chi connectivity index (χ0v) is 15.7. The fourth-order valence-corrected chi connectivity index (χ4v) is 2.98. The van der Waals surface area contributed by atoms with Crippen LogP contribution in [0.5, 0.6) is 0 Å². The third kappa shape index (κ3) is 3.73. The van der Waals surface area contributed by atoms with Gasteiger partial charge in [0, 0.05) is 22.6 Å². The smallest absolute Gasteiger partial charge is 0.341 e. The number of aryl methyl sites for hydroxylation is 1. The first-order chi connectivity index (χ1) is 13.4. The van der Waals surface area contributed by atoms with E-state index in [2.05, 4.69) is 0 Å². The maximum atomic E-state index is 12.5. The molecule has 0 aliphatic heterocycles. The lowest BCUT2D eigenvalue weighted by Crippen LogP contribution is -2.14. The van der Waals surface area contributed by atoms with Gasteiger partial charge >= 0.3 is 11.9 Å². The molecule has 0 amide bonds. The molecule has 7 nitrogen and oxygen atoms in total. The second-order valence-corrected chi connectivity index (χ2v) is 6.17. The number of methoxy groups -OCH3 is 1. The van der Waals surface area contributed by atoms with Crippen molar-refractivity contribution in [2.45, 2.75) is 13.8 Å². The van der Waals surface area contributed by atoms with E-state index < -0.39 is 11.9 Å². The lowest BCUT2D eigenvalue weighted by Gasteiger charge is -2.10. The van der Waals surface area contributed by atoms with Crippen molar-refractivity contribution < 1.29 is 28.3 Å². The Morgan fingerprint density at radius 1 is 1.00 bits per heavy atom. The third-order valence-corrected chi connectivity index (χ3v) is 4.37. The van der Waals surface area contributed by atoms with E-state index in [-0.39, 0.29) is 18.0 Å². The van der Waals surface area contributed by atoms with Crippen molar-refractivity contribution in [2.75, 3.05) is 13.7 Å². The maximum absolute atomic E-state index is 12.5. The number of ether oxygens (including phenoxy) is 2. The molecule has 0 saturated heterocycles. The molecule has 0 aliphatic carbocycles. The van der Waals surface area contributed by atoms with Crippen LogP contribution in [-0.4, -0.2) is 36.0 Å². The number of benzene rings is 1. The number of carbonyl (C=O) groups is 3. The molecule has 0 unspecified atom stereocenters. The Kier molecular flexibility index (Phi) is 5.44. The van der Waals surface area contributed by atoms with Crippen LogP contribution in [0, 0.1) is 13.8 Å². The summed E-state index contributed by atoms with van der Waals surface area (Å²) < 4.78 is 16.5. The molecule has 3 rings (SSSR count). The average molecular weight is 381 g/mol. The number of aromatic nitrogens is 1. The standard InChI is InChI=1S/C21H19NO6/c1-13-10-18(19(23)12-28-21(25)16-8-9-27-11-16)14(2)22(13)17-6-4-15(5-7-17)20(24)26-3/h4-11H,12H2,1-3H3. The minimum atomic E-state index is -0.616. The third-order valence-electron chi connectivity index (χ3n) is 4.37. The molecular formula is C21H19NO6. The van der Waals surface area contributed by atoms with Crippen molar-refractivity contribution in [3.05, 3.63) is 77.0 Å². The predicted molar refractivity (Wildman–Crippen MR) is 99.9 cm³/mol. The molecule has 7 heteroatoms. The second kappa shape index (κ2) is 7.96. The Bertz CT molecular complexity index is 1010. The summed E-state index contributed by atoms with van der Waals surface area (Å²) >= 11 is 0. The van der Waals surface area contributed by atoms with E-state index in [4.69, 9.17) is 13.9 Å². The molecular weight excluding hydrogens is 362 g/mol. The topological polar surface area (TPSA) is 87.7 Å². The van der Waals surface area contributed by atoms with Crippen molar-refractivity contribution in [1.82, 2.24) is 4.57 Å². The molecule has 0 spiro atoms. The number of hydrogen-bond acceptors (Lipinski definition) is 6. The predicted octanol–water partition coefficient (Wildman–Crippen LogP) is 3.51. The van der Waals surface area contributed by atoms with Crippen LogP contribution in [0.2, 0.25) is 0 Å². The fourth-order valence-electron chi connectivity index (χ4n) is 2.98. The van der Waals surface area contributed by atoms with Gasteiger partial charge in [0.2, 0.25) is 5.78 Å². The zero-order chi connectivity index (χ0) is 20.3. The van der Waals surface area contributed by atoms with E-state index >= 15 is 0 Å². The van der Waals surface area contributed by atoms with Crippen molar-refractivity contribution in [3.8, 4) is 5.69 Å². The second-order valence-electron chi connectivity index (χ2n) is 6.17. The van der Waals surface area contributed by atoms with Crippen LogP contribution in [0.1, 0.15) is 42.5 Å². The van der Waals surface area contributed by atoms with Gasteiger partial charge in [0.1, 0.15) is 6.26 Å². The SMILES string of the molecule is COC(=O)c1ccc(-n2c(C)cc(C(=O)COC(=O)c3ccoc3)c2C)cc1. The molecule has 1 aromatic carbocycles. The highest BCUT2D eigenvalue weighted by molar-refractivity contribution is 6.00. The minimum absolute atomic E-state index is 0.254. The highest BCUT2D eigenvalue weighted by Gasteiger charge is 2.19. The average Bonchev–Trinajstić information content (AvgIpc) is 3.34. The van der Waals surface area contributed by atoms with Crippen LogP contribution >= 0.6 is 0 Å². The van der Waals surface area contributed by atoms with Crippen molar-refractivity contribution in [2.24, 2.45) is 0 Å². The summed E-state index contributed by atoms with van der Waals surface area (Å²) in [5.74, 6) is -1.33. The number of Topliss-reactive ketones (excluding diaryl/α,β-unsaturated/α-hetero) is 1. The van der Waals surface area contributed by atoms with E-state index in [0.29, 0.717) is 16.8 Å². The first kappa shape index (κ1) is 19.2. The molecule has 28 heavy (non-hydrogen) atoms. The molecule has 2 heterocycles. The lowest BCUT2D eigenvalue weighted by atomic mass is 10.1. The number of carbonyl (C=O) groups excluding carboxylic acids is 3. The normalized spacial score (nSPS) is 10.5. The Balaban J connectivity index is 1.78. The highest BCUT2D eigenvalue weighted by atomic mass is 16.5. The van der Waals surface area contributed by atoms with Crippen molar-refractivity contribution >= 4 is 17.7 Å². The van der Waals surface area contributed by atoms with E-state index in [1.807, 2.05) is 18.4 Å². The summed E-state index contributed by atoms with van der Waals surface area (Å²) in [4.78, 5) is 36.0. The maximum Gasteiger partial charge on any atom is 0.341 e. The summed E-state index contributed by atoms with van der Waals surface area (Å²) in [7, 11) is 1.33. The van der Waals surface area contributed by atoms with Gasteiger partial charge in [-0.25, -0.2) is 9.59 Å². The Morgan fingerprint density at radius 3 is 2.32 bits per heavy atom. The molecule has 2 aromatic heterocycles. The monoisotopic (exact) mass is 381 g/mol. The lowest BCUT2D eigenvalue weighted by molar-refractivity contribution is 0.0473. The van der Waals surface area contributed by atoms with Crippen LogP contribution in [0.4, 0.5) is 0 Å². The molecule has 0 N–H and O–H groups in total. The molecule has 0 aliphatic rings. The molecule has 0 fully saturated rings. The summed E-state index contributed by atoms with van der Waals surface area (Å²) in [6.07, 6.45) is 2.62.